The van der Waals surface area contributed by atoms with Crippen LogP contribution < -0.4 is 0 Å². The third kappa shape index (κ3) is 60.7. The number of hydrogen-bond acceptors (Lipinski definition) is 6. The van der Waals surface area contributed by atoms with E-state index in [0.717, 1.165) is 116 Å². The van der Waals surface area contributed by atoms with Crippen molar-refractivity contribution < 1.29 is 28.6 Å². The van der Waals surface area contributed by atoms with Gasteiger partial charge in [0.15, 0.2) is 6.10 Å². The molecule has 0 saturated heterocycles. The second-order valence-electron chi connectivity index (χ2n) is 20.6. The smallest absolute Gasteiger partial charge is 0.306 e. The fourth-order valence-electron chi connectivity index (χ4n) is 8.50. The molecule has 0 bridgehead atoms. The Balaban J connectivity index is 4.50. The van der Waals surface area contributed by atoms with Crippen molar-refractivity contribution in [2.45, 2.75) is 290 Å². The van der Waals surface area contributed by atoms with Crippen molar-refractivity contribution >= 4 is 17.9 Å². The lowest BCUT2D eigenvalue weighted by Crippen LogP contribution is -2.30. The van der Waals surface area contributed by atoms with Gasteiger partial charge in [0, 0.05) is 19.3 Å². The van der Waals surface area contributed by atoms with Crippen molar-refractivity contribution in [3.63, 3.8) is 0 Å². The molecular weight excluding hydrogens is 937 g/mol. The summed E-state index contributed by atoms with van der Waals surface area (Å²) in [6.07, 6.45) is 87.7. The molecule has 0 amide bonds. The molecule has 0 radical (unpaired) electrons. The summed E-state index contributed by atoms with van der Waals surface area (Å²) in [6, 6.07) is 0. The molecule has 6 heteroatoms. The average Bonchev–Trinajstić information content (AvgIpc) is 3.42. The van der Waals surface area contributed by atoms with E-state index >= 15 is 0 Å². The second kappa shape index (κ2) is 63.3. The Morgan fingerprint density at radius 3 is 0.855 bits per heavy atom. The molecule has 6 nitrogen and oxygen atoms in total. The van der Waals surface area contributed by atoms with E-state index in [1.54, 1.807) is 0 Å². The lowest BCUT2D eigenvalue weighted by molar-refractivity contribution is -0.167. The molecule has 432 valence electrons. The van der Waals surface area contributed by atoms with E-state index < -0.39 is 6.10 Å². The molecule has 0 aromatic heterocycles. The minimum absolute atomic E-state index is 0.102. The summed E-state index contributed by atoms with van der Waals surface area (Å²) in [5, 5.41) is 0. The zero-order valence-electron chi connectivity index (χ0n) is 49.5. The molecule has 0 aliphatic rings. The summed E-state index contributed by atoms with van der Waals surface area (Å²) in [5.41, 5.74) is 0. The fourth-order valence-corrected chi connectivity index (χ4v) is 8.50. The van der Waals surface area contributed by atoms with Crippen molar-refractivity contribution in [3.8, 4) is 0 Å². The summed E-state index contributed by atoms with van der Waals surface area (Å²) in [7, 11) is 0. The van der Waals surface area contributed by atoms with Gasteiger partial charge in [-0.3, -0.25) is 14.4 Å². The van der Waals surface area contributed by atoms with Gasteiger partial charge in [-0.2, -0.15) is 0 Å². The van der Waals surface area contributed by atoms with E-state index in [1.165, 1.54) is 122 Å². The number of unbranched alkanes of at least 4 members (excludes halogenated alkanes) is 25. The number of rotatable bonds is 56. The number of allylic oxidation sites excluding steroid dienone is 20. The van der Waals surface area contributed by atoms with Crippen LogP contribution in [0.2, 0.25) is 0 Å². The third-order valence-corrected chi connectivity index (χ3v) is 13.2. The maximum atomic E-state index is 12.9. The molecule has 0 fully saturated rings. The van der Waals surface area contributed by atoms with Crippen LogP contribution in [0, 0.1) is 0 Å². The predicted molar refractivity (Wildman–Crippen MR) is 330 cm³/mol. The molecular formula is C70H116O6. The Kier molecular flexibility index (Phi) is 59.9. The van der Waals surface area contributed by atoms with Gasteiger partial charge in [-0.1, -0.05) is 277 Å². The molecule has 0 aliphatic heterocycles. The molecule has 0 N–H and O–H groups in total. The zero-order valence-corrected chi connectivity index (χ0v) is 49.5. The van der Waals surface area contributed by atoms with Crippen LogP contribution in [-0.4, -0.2) is 37.2 Å². The molecule has 0 aromatic rings. The molecule has 0 aromatic carbocycles. The number of carbonyl (C=O) groups excluding carboxylic acids is 3. The first-order valence-corrected chi connectivity index (χ1v) is 31.5. The standard InChI is InChI=1S/C70H116O6/c1-4-7-10-13-16-19-22-25-28-30-32-34-35-37-38-40-42-45-48-51-54-57-60-63-69(72)75-66-67(65-74-68(71)62-59-56-53-50-47-44-27-24-21-18-15-12-9-6-3)76-70(73)64-61-58-55-52-49-46-43-41-39-36-33-31-29-26-23-20-17-14-11-8-5-2/h7,10,16,19,23,25-26,28,31-34,37-39,41-42,45,51,54,67H,4-6,8-9,11-15,17-18,20-22,24,27,29-30,35-36,40,43-44,46-50,52-53,55-66H2,1-3H3/b10-7-,19-16-,26-23-,28-25-,33-31-,34-32-,38-37-,41-39-,45-42-,54-51-. The van der Waals surface area contributed by atoms with Gasteiger partial charge >= 0.3 is 17.9 Å². The van der Waals surface area contributed by atoms with E-state index in [2.05, 4.69) is 142 Å². The molecule has 0 spiro atoms. The van der Waals surface area contributed by atoms with Crippen LogP contribution in [-0.2, 0) is 28.6 Å². The van der Waals surface area contributed by atoms with Crippen LogP contribution in [0.5, 0.6) is 0 Å². The summed E-state index contributed by atoms with van der Waals surface area (Å²) in [4.78, 5) is 38.3. The monoisotopic (exact) mass is 1050 g/mol. The number of hydrogen-bond donors (Lipinski definition) is 0. The van der Waals surface area contributed by atoms with Crippen molar-refractivity contribution in [1.29, 1.82) is 0 Å². The molecule has 0 rings (SSSR count). The summed E-state index contributed by atoms with van der Waals surface area (Å²) >= 11 is 0. The number of carbonyl (C=O) groups is 3. The van der Waals surface area contributed by atoms with Crippen LogP contribution in [0.25, 0.3) is 0 Å². The third-order valence-electron chi connectivity index (χ3n) is 13.2. The van der Waals surface area contributed by atoms with Crippen LogP contribution >= 0.6 is 0 Å². The maximum Gasteiger partial charge on any atom is 0.306 e. The van der Waals surface area contributed by atoms with Crippen LogP contribution in [0.15, 0.2) is 122 Å². The Hall–Kier alpha value is -4.19. The Morgan fingerprint density at radius 2 is 0.526 bits per heavy atom. The molecule has 0 heterocycles. The fraction of sp³-hybridized carbons (Fsp3) is 0.671. The van der Waals surface area contributed by atoms with Gasteiger partial charge in [0.1, 0.15) is 13.2 Å². The van der Waals surface area contributed by atoms with E-state index in [-0.39, 0.29) is 37.5 Å². The van der Waals surface area contributed by atoms with Gasteiger partial charge in [-0.05, 0) is 109 Å². The van der Waals surface area contributed by atoms with Crippen molar-refractivity contribution in [1.82, 2.24) is 0 Å². The molecule has 1 unspecified atom stereocenters. The minimum atomic E-state index is -0.812. The molecule has 0 saturated carbocycles. The predicted octanol–water partition coefficient (Wildman–Crippen LogP) is 21.6. The lowest BCUT2D eigenvalue weighted by Gasteiger charge is -2.18. The van der Waals surface area contributed by atoms with Gasteiger partial charge in [0.2, 0.25) is 0 Å². The summed E-state index contributed by atoms with van der Waals surface area (Å²) in [5.74, 6) is -0.972. The van der Waals surface area contributed by atoms with Crippen molar-refractivity contribution in [2.24, 2.45) is 0 Å². The summed E-state index contributed by atoms with van der Waals surface area (Å²) < 4.78 is 16.9. The van der Waals surface area contributed by atoms with E-state index in [0.29, 0.717) is 19.3 Å². The Bertz CT molecular complexity index is 1590. The highest BCUT2D eigenvalue weighted by Gasteiger charge is 2.19. The minimum Gasteiger partial charge on any atom is -0.462 e. The first-order valence-electron chi connectivity index (χ1n) is 31.5. The van der Waals surface area contributed by atoms with Gasteiger partial charge in [0.05, 0.1) is 0 Å². The number of ether oxygens (including phenoxy) is 3. The van der Waals surface area contributed by atoms with Crippen LogP contribution in [0.1, 0.15) is 284 Å². The summed E-state index contributed by atoms with van der Waals surface area (Å²) in [6.45, 7) is 6.47. The maximum absolute atomic E-state index is 12.9. The highest BCUT2D eigenvalue weighted by atomic mass is 16.6. The van der Waals surface area contributed by atoms with Gasteiger partial charge < -0.3 is 14.2 Å². The van der Waals surface area contributed by atoms with Crippen LogP contribution in [0.4, 0.5) is 0 Å². The second-order valence-corrected chi connectivity index (χ2v) is 20.6. The molecule has 1 atom stereocenters. The van der Waals surface area contributed by atoms with Crippen molar-refractivity contribution in [2.75, 3.05) is 13.2 Å². The first-order chi connectivity index (χ1) is 37.5. The quantitative estimate of drug-likeness (QED) is 0.0261. The van der Waals surface area contributed by atoms with Gasteiger partial charge in [0.25, 0.3) is 0 Å². The lowest BCUT2D eigenvalue weighted by atomic mass is 10.0. The topological polar surface area (TPSA) is 78.9 Å². The highest BCUT2D eigenvalue weighted by molar-refractivity contribution is 5.71. The SMILES string of the molecule is CC/C=C\C/C=C\C/C=C\C/C=C\C/C=C\C/C=C\C/C=C\CCCC(=O)OCC(COC(=O)CCCCCCCCCCCCCCCC)OC(=O)CCCCCCCC/C=C\C/C=C\C/C=C\CCCCCCC. The van der Waals surface area contributed by atoms with Gasteiger partial charge in [-0.25, -0.2) is 0 Å². The Morgan fingerprint density at radius 1 is 0.276 bits per heavy atom. The number of esters is 3. The normalized spacial score (nSPS) is 12.9. The zero-order chi connectivity index (χ0) is 55.0. The average molecular weight is 1050 g/mol. The van der Waals surface area contributed by atoms with E-state index in [1.807, 2.05) is 0 Å². The van der Waals surface area contributed by atoms with Gasteiger partial charge in [-0.15, -0.1) is 0 Å². The van der Waals surface area contributed by atoms with E-state index in [4.69, 9.17) is 14.2 Å². The molecule has 0 aliphatic carbocycles. The molecule has 76 heavy (non-hydrogen) atoms. The highest BCUT2D eigenvalue weighted by Crippen LogP contribution is 2.15. The first kappa shape index (κ1) is 71.8. The Labute approximate surface area is 469 Å². The largest absolute Gasteiger partial charge is 0.462 e. The van der Waals surface area contributed by atoms with E-state index in [9.17, 15) is 14.4 Å². The van der Waals surface area contributed by atoms with Crippen LogP contribution in [0.3, 0.4) is 0 Å². The van der Waals surface area contributed by atoms with Crippen molar-refractivity contribution in [3.05, 3.63) is 122 Å².